The molecule has 3 aliphatic rings. The standard InChI is InChI=1S/C20H28N2O3S/c1-19(2)7-12-8-20(3,10-19)11-22(12)9-15(23)21-17-16(18(24)25)13-5-4-6-14(13)26-17/h12H,4-11H2,1-3H3,(H,21,23)(H,24,25). The average Bonchev–Trinajstić information content (AvgIpc) is 3.09. The molecule has 1 saturated carbocycles. The predicted octanol–water partition coefficient (Wildman–Crippen LogP) is 3.77. The maximum absolute atomic E-state index is 12.7. The zero-order chi connectivity index (χ0) is 18.7. The van der Waals surface area contributed by atoms with E-state index < -0.39 is 5.97 Å². The van der Waals surface area contributed by atoms with Crippen molar-refractivity contribution < 1.29 is 14.7 Å². The summed E-state index contributed by atoms with van der Waals surface area (Å²) in [6, 6.07) is 0.460. The molecule has 5 nitrogen and oxygen atoms in total. The van der Waals surface area contributed by atoms with Gasteiger partial charge in [0, 0.05) is 17.5 Å². The van der Waals surface area contributed by atoms with Crippen molar-refractivity contribution in [2.45, 2.75) is 65.3 Å². The molecule has 6 heteroatoms. The van der Waals surface area contributed by atoms with Crippen molar-refractivity contribution in [3.8, 4) is 0 Å². The number of hydrogen-bond acceptors (Lipinski definition) is 4. The van der Waals surface area contributed by atoms with Crippen LogP contribution >= 0.6 is 11.3 Å². The van der Waals surface area contributed by atoms with Gasteiger partial charge in [0.15, 0.2) is 0 Å². The lowest BCUT2D eigenvalue weighted by molar-refractivity contribution is -0.117. The number of aromatic carboxylic acids is 1. The third-order valence-electron chi connectivity index (χ3n) is 6.26. The number of fused-ring (bicyclic) bond motifs is 3. The molecule has 0 radical (unpaired) electrons. The van der Waals surface area contributed by atoms with Crippen LogP contribution in [0.25, 0.3) is 0 Å². The Labute approximate surface area is 158 Å². The zero-order valence-corrected chi connectivity index (χ0v) is 16.7. The third kappa shape index (κ3) is 3.18. The monoisotopic (exact) mass is 376 g/mol. The SMILES string of the molecule is CC1(C)CC2CC(C)(CN2CC(=O)Nc2sc3c(c2C(=O)O)CCC3)C1. The Balaban J connectivity index is 1.47. The smallest absolute Gasteiger partial charge is 0.339 e. The summed E-state index contributed by atoms with van der Waals surface area (Å²) in [6.07, 6.45) is 6.25. The van der Waals surface area contributed by atoms with Crippen LogP contribution in [0.1, 0.15) is 67.3 Å². The molecule has 0 spiro atoms. The first-order valence-corrected chi connectivity index (χ1v) is 10.4. The van der Waals surface area contributed by atoms with E-state index >= 15 is 0 Å². The number of likely N-dealkylation sites (tertiary alicyclic amines) is 1. The fourth-order valence-electron chi connectivity index (χ4n) is 5.83. The van der Waals surface area contributed by atoms with Crippen LogP contribution in [0.4, 0.5) is 5.00 Å². The van der Waals surface area contributed by atoms with Crippen molar-refractivity contribution >= 4 is 28.2 Å². The summed E-state index contributed by atoms with van der Waals surface area (Å²) in [5.74, 6) is -1.01. The number of anilines is 1. The lowest BCUT2D eigenvalue weighted by Gasteiger charge is -2.39. The molecule has 142 valence electrons. The van der Waals surface area contributed by atoms with Gasteiger partial charge in [-0.2, -0.15) is 0 Å². The zero-order valence-electron chi connectivity index (χ0n) is 15.9. The molecule has 0 aromatic carbocycles. The number of carbonyl (C=O) groups excluding carboxylic acids is 1. The van der Waals surface area contributed by atoms with Crippen LogP contribution in [0.15, 0.2) is 0 Å². The van der Waals surface area contributed by atoms with Crippen molar-refractivity contribution in [2.75, 3.05) is 18.4 Å². The number of aryl methyl sites for hydroxylation is 1. The molecule has 1 aliphatic heterocycles. The molecule has 2 unspecified atom stereocenters. The number of carboxylic acids is 1. The van der Waals surface area contributed by atoms with Crippen LogP contribution in [0.3, 0.4) is 0 Å². The van der Waals surface area contributed by atoms with Crippen LogP contribution < -0.4 is 5.32 Å². The summed E-state index contributed by atoms with van der Waals surface area (Å²) in [7, 11) is 0. The van der Waals surface area contributed by atoms with Gasteiger partial charge in [0.1, 0.15) is 5.00 Å². The lowest BCUT2D eigenvalue weighted by atomic mass is 9.65. The van der Waals surface area contributed by atoms with Crippen molar-refractivity contribution in [1.82, 2.24) is 4.90 Å². The van der Waals surface area contributed by atoms with E-state index in [9.17, 15) is 14.7 Å². The molecule has 26 heavy (non-hydrogen) atoms. The van der Waals surface area contributed by atoms with Crippen LogP contribution in [0.5, 0.6) is 0 Å². The van der Waals surface area contributed by atoms with E-state index in [0.29, 0.717) is 34.0 Å². The largest absolute Gasteiger partial charge is 0.478 e. The summed E-state index contributed by atoms with van der Waals surface area (Å²) in [5, 5.41) is 13.0. The topological polar surface area (TPSA) is 69.6 Å². The number of nitrogens with one attached hydrogen (secondary N) is 1. The molecule has 2 bridgehead atoms. The van der Waals surface area contributed by atoms with E-state index in [1.807, 2.05) is 0 Å². The van der Waals surface area contributed by atoms with Crippen LogP contribution in [0, 0.1) is 10.8 Å². The van der Waals surface area contributed by atoms with Gasteiger partial charge in [0.05, 0.1) is 12.1 Å². The van der Waals surface area contributed by atoms with Gasteiger partial charge in [0.25, 0.3) is 0 Å². The second-order valence-corrected chi connectivity index (χ2v) is 10.6. The van der Waals surface area contributed by atoms with Gasteiger partial charge in [-0.15, -0.1) is 11.3 Å². The molecule has 2 aliphatic carbocycles. The van der Waals surface area contributed by atoms with Gasteiger partial charge in [-0.25, -0.2) is 4.79 Å². The van der Waals surface area contributed by atoms with E-state index in [0.717, 1.165) is 49.1 Å². The molecule has 2 fully saturated rings. The molecule has 1 aromatic rings. The maximum atomic E-state index is 12.7. The quantitative estimate of drug-likeness (QED) is 0.839. The molecule has 1 amide bonds. The van der Waals surface area contributed by atoms with Gasteiger partial charge in [-0.3, -0.25) is 9.69 Å². The predicted molar refractivity (Wildman–Crippen MR) is 103 cm³/mol. The summed E-state index contributed by atoms with van der Waals surface area (Å²) in [6.45, 7) is 8.31. The Morgan fingerprint density at radius 1 is 1.27 bits per heavy atom. The summed E-state index contributed by atoms with van der Waals surface area (Å²) in [4.78, 5) is 27.8. The first-order chi connectivity index (χ1) is 12.2. The minimum atomic E-state index is -0.925. The van der Waals surface area contributed by atoms with Gasteiger partial charge in [-0.1, -0.05) is 20.8 Å². The Morgan fingerprint density at radius 3 is 2.77 bits per heavy atom. The number of amides is 1. The second-order valence-electron chi connectivity index (χ2n) is 9.53. The molecule has 2 N–H and O–H groups in total. The number of hydrogen-bond donors (Lipinski definition) is 2. The first-order valence-electron chi connectivity index (χ1n) is 9.58. The van der Waals surface area contributed by atoms with Crippen molar-refractivity contribution in [3.05, 3.63) is 16.0 Å². The number of carboxylic acid groups (broad SMARTS) is 1. The van der Waals surface area contributed by atoms with Crippen molar-refractivity contribution in [3.63, 3.8) is 0 Å². The Kier molecular flexibility index (Phi) is 4.19. The number of rotatable bonds is 4. The average molecular weight is 377 g/mol. The lowest BCUT2D eigenvalue weighted by Crippen LogP contribution is -2.38. The van der Waals surface area contributed by atoms with Crippen molar-refractivity contribution in [1.29, 1.82) is 0 Å². The fraction of sp³-hybridized carbons (Fsp3) is 0.700. The summed E-state index contributed by atoms with van der Waals surface area (Å²) >= 11 is 1.45. The Bertz CT molecular complexity index is 769. The molecule has 1 saturated heterocycles. The van der Waals surface area contributed by atoms with Crippen LogP contribution in [-0.2, 0) is 17.6 Å². The molecular weight excluding hydrogens is 348 g/mol. The van der Waals surface area contributed by atoms with Crippen LogP contribution in [0.2, 0.25) is 0 Å². The van der Waals surface area contributed by atoms with Crippen molar-refractivity contribution in [2.24, 2.45) is 10.8 Å². The highest BCUT2D eigenvalue weighted by Crippen LogP contribution is 2.52. The highest BCUT2D eigenvalue weighted by atomic mass is 32.1. The van der Waals surface area contributed by atoms with E-state index in [1.54, 1.807) is 0 Å². The minimum absolute atomic E-state index is 0.0821. The van der Waals surface area contributed by atoms with Crippen LogP contribution in [-0.4, -0.2) is 41.0 Å². The Hall–Kier alpha value is -1.40. The van der Waals surface area contributed by atoms with Gasteiger partial charge in [0.2, 0.25) is 5.91 Å². The van der Waals surface area contributed by atoms with E-state index in [2.05, 4.69) is 31.0 Å². The van der Waals surface area contributed by atoms with E-state index in [1.165, 1.54) is 17.8 Å². The molecular formula is C20H28N2O3S. The highest BCUT2D eigenvalue weighted by Gasteiger charge is 2.49. The fourth-order valence-corrected chi connectivity index (χ4v) is 7.13. The molecule has 4 rings (SSSR count). The summed E-state index contributed by atoms with van der Waals surface area (Å²) < 4.78 is 0. The van der Waals surface area contributed by atoms with E-state index in [4.69, 9.17) is 0 Å². The third-order valence-corrected chi connectivity index (χ3v) is 7.47. The number of thiophene rings is 1. The Morgan fingerprint density at radius 2 is 2.04 bits per heavy atom. The van der Waals surface area contributed by atoms with Gasteiger partial charge < -0.3 is 10.4 Å². The highest BCUT2D eigenvalue weighted by molar-refractivity contribution is 7.17. The normalized spacial score (nSPS) is 29.6. The van der Waals surface area contributed by atoms with Gasteiger partial charge in [-0.05, 0) is 54.9 Å². The first kappa shape index (κ1) is 18.0. The maximum Gasteiger partial charge on any atom is 0.339 e. The number of carbonyl (C=O) groups is 2. The van der Waals surface area contributed by atoms with Gasteiger partial charge >= 0.3 is 5.97 Å². The number of nitrogens with zero attached hydrogens (tertiary/aromatic N) is 1. The van der Waals surface area contributed by atoms with E-state index in [-0.39, 0.29) is 5.91 Å². The summed E-state index contributed by atoms with van der Waals surface area (Å²) in [5.41, 5.74) is 1.88. The second kappa shape index (κ2) is 6.06. The molecule has 1 aromatic heterocycles. The molecule has 2 heterocycles. The minimum Gasteiger partial charge on any atom is -0.478 e. The molecule has 2 atom stereocenters.